The van der Waals surface area contributed by atoms with Gasteiger partial charge in [-0.1, -0.05) is 29.8 Å². The van der Waals surface area contributed by atoms with Crippen LogP contribution in [0.5, 0.6) is 5.75 Å². The fraction of sp³-hybridized carbons (Fsp3) is 0.125. The zero-order valence-corrected chi connectivity index (χ0v) is 6.86. The summed E-state index contributed by atoms with van der Waals surface area (Å²) in [6, 6.07) is 8.55. The molecule has 0 heterocycles. The molecule has 4 heteroatoms. The Morgan fingerprint density at radius 1 is 1.42 bits per heavy atom. The summed E-state index contributed by atoms with van der Waals surface area (Å²) in [4.78, 5) is 10.2. The molecule has 0 saturated heterocycles. The Labute approximate surface area is 74.5 Å². The van der Waals surface area contributed by atoms with Gasteiger partial charge in [0.15, 0.2) is 0 Å². The number of benzene rings is 1. The molecule has 0 aliphatic heterocycles. The Hall–Kier alpha value is -1.22. The minimum atomic E-state index is -1.33. The van der Waals surface area contributed by atoms with Gasteiger partial charge in [0.2, 0.25) is 0 Å². The number of carboxylic acid groups (broad SMARTS) is 1. The van der Waals surface area contributed by atoms with E-state index in [1.807, 2.05) is 0 Å². The third-order valence-electron chi connectivity index (χ3n) is 1.18. The first-order chi connectivity index (χ1) is 5.70. The van der Waals surface area contributed by atoms with Crippen molar-refractivity contribution in [3.8, 4) is 5.75 Å². The standard InChI is InChI=1S/C8H7ClO3/c9-7(8(10)11)12-6-4-2-1-3-5-6/h1-5,7H,(H,10,11). The van der Waals surface area contributed by atoms with E-state index in [-0.39, 0.29) is 0 Å². The number of carbonyl (C=O) groups is 1. The maximum absolute atomic E-state index is 10.2. The van der Waals surface area contributed by atoms with E-state index in [0.29, 0.717) is 5.75 Å². The second-order valence-electron chi connectivity index (χ2n) is 2.09. The molecule has 3 nitrogen and oxygen atoms in total. The molecule has 0 aliphatic rings. The Morgan fingerprint density at radius 3 is 2.50 bits per heavy atom. The van der Waals surface area contributed by atoms with E-state index in [1.54, 1.807) is 30.3 Å². The van der Waals surface area contributed by atoms with Crippen LogP contribution in [0.1, 0.15) is 0 Å². The first-order valence-electron chi connectivity index (χ1n) is 3.29. The van der Waals surface area contributed by atoms with Gasteiger partial charge in [-0.15, -0.1) is 0 Å². The molecular weight excluding hydrogens is 180 g/mol. The maximum atomic E-state index is 10.2. The number of carboxylic acids is 1. The van der Waals surface area contributed by atoms with Crippen LogP contribution in [-0.2, 0) is 4.79 Å². The molecule has 0 spiro atoms. The number of hydrogen-bond acceptors (Lipinski definition) is 2. The Morgan fingerprint density at radius 2 is 2.00 bits per heavy atom. The largest absolute Gasteiger partial charge is 0.478 e. The molecule has 64 valence electrons. The van der Waals surface area contributed by atoms with Crippen molar-refractivity contribution in [3.05, 3.63) is 30.3 Å². The monoisotopic (exact) mass is 186 g/mol. The van der Waals surface area contributed by atoms with E-state index in [4.69, 9.17) is 21.4 Å². The summed E-state index contributed by atoms with van der Waals surface area (Å²) in [6.45, 7) is 0. The number of hydrogen-bond donors (Lipinski definition) is 1. The average Bonchev–Trinajstić information content (AvgIpc) is 2.06. The normalized spacial score (nSPS) is 12.1. The van der Waals surface area contributed by atoms with E-state index >= 15 is 0 Å². The SMILES string of the molecule is O=C(O)C(Cl)Oc1ccccc1. The quantitative estimate of drug-likeness (QED) is 0.732. The van der Waals surface area contributed by atoms with E-state index < -0.39 is 11.5 Å². The molecule has 1 unspecified atom stereocenters. The Kier molecular flexibility index (Phi) is 2.94. The van der Waals surface area contributed by atoms with E-state index in [2.05, 4.69) is 0 Å². The van der Waals surface area contributed by atoms with Crippen LogP contribution < -0.4 is 4.74 Å². The van der Waals surface area contributed by atoms with Crippen LogP contribution in [0.4, 0.5) is 0 Å². The van der Waals surface area contributed by atoms with Crippen LogP contribution in [-0.4, -0.2) is 16.6 Å². The number of aliphatic carboxylic acids is 1. The highest BCUT2D eigenvalue weighted by Crippen LogP contribution is 2.12. The topological polar surface area (TPSA) is 46.5 Å². The van der Waals surface area contributed by atoms with Crippen LogP contribution in [0.3, 0.4) is 0 Å². The van der Waals surface area contributed by atoms with Crippen molar-refractivity contribution in [2.24, 2.45) is 0 Å². The molecular formula is C8H7ClO3. The lowest BCUT2D eigenvalue weighted by molar-refractivity contribution is -0.141. The molecule has 0 fully saturated rings. The second-order valence-corrected chi connectivity index (χ2v) is 2.48. The van der Waals surface area contributed by atoms with Crippen molar-refractivity contribution >= 4 is 17.6 Å². The van der Waals surface area contributed by atoms with Gasteiger partial charge in [-0.2, -0.15) is 0 Å². The van der Waals surface area contributed by atoms with E-state index in [1.165, 1.54) is 0 Å². The van der Waals surface area contributed by atoms with Gasteiger partial charge in [0.25, 0.3) is 5.56 Å². The highest BCUT2D eigenvalue weighted by Gasteiger charge is 2.14. The fourth-order valence-corrected chi connectivity index (χ4v) is 0.772. The van der Waals surface area contributed by atoms with Crippen molar-refractivity contribution in [2.45, 2.75) is 5.56 Å². The molecule has 0 bridgehead atoms. The van der Waals surface area contributed by atoms with Crippen molar-refractivity contribution in [3.63, 3.8) is 0 Å². The smallest absolute Gasteiger partial charge is 0.360 e. The summed E-state index contributed by atoms with van der Waals surface area (Å²) >= 11 is 5.33. The summed E-state index contributed by atoms with van der Waals surface area (Å²) in [5.74, 6) is -0.750. The van der Waals surface area contributed by atoms with Gasteiger partial charge < -0.3 is 9.84 Å². The first kappa shape index (κ1) is 8.87. The molecule has 0 saturated carbocycles. The van der Waals surface area contributed by atoms with Gasteiger partial charge in [-0.25, -0.2) is 4.79 Å². The lowest BCUT2D eigenvalue weighted by atomic mass is 10.3. The van der Waals surface area contributed by atoms with Crippen LogP contribution in [0.25, 0.3) is 0 Å². The van der Waals surface area contributed by atoms with Crippen LogP contribution in [0.15, 0.2) is 30.3 Å². The second kappa shape index (κ2) is 3.97. The number of ether oxygens (including phenoxy) is 1. The molecule has 1 aromatic rings. The van der Waals surface area contributed by atoms with Gasteiger partial charge >= 0.3 is 5.97 Å². The summed E-state index contributed by atoms with van der Waals surface area (Å²) in [5, 5.41) is 8.39. The van der Waals surface area contributed by atoms with E-state index in [9.17, 15) is 4.79 Å². The zero-order valence-electron chi connectivity index (χ0n) is 6.11. The number of rotatable bonds is 3. The van der Waals surface area contributed by atoms with Gasteiger partial charge in [0, 0.05) is 0 Å². The minimum absolute atomic E-state index is 0.444. The third-order valence-corrected chi connectivity index (χ3v) is 1.45. The number of halogens is 1. The summed E-state index contributed by atoms with van der Waals surface area (Å²) in [5.41, 5.74) is -1.33. The molecule has 0 amide bonds. The van der Waals surface area contributed by atoms with Crippen LogP contribution in [0, 0.1) is 0 Å². The maximum Gasteiger partial charge on any atom is 0.360 e. The van der Waals surface area contributed by atoms with Gasteiger partial charge in [-0.3, -0.25) is 0 Å². The number of para-hydroxylation sites is 1. The van der Waals surface area contributed by atoms with Crippen LogP contribution in [0.2, 0.25) is 0 Å². The summed E-state index contributed by atoms with van der Waals surface area (Å²) < 4.78 is 4.84. The predicted octanol–water partition coefficient (Wildman–Crippen LogP) is 1.71. The van der Waals surface area contributed by atoms with Crippen LogP contribution >= 0.6 is 11.6 Å². The van der Waals surface area contributed by atoms with Gasteiger partial charge in [0.1, 0.15) is 5.75 Å². The fourth-order valence-electron chi connectivity index (χ4n) is 0.669. The van der Waals surface area contributed by atoms with Crippen molar-refractivity contribution in [1.29, 1.82) is 0 Å². The molecule has 1 rings (SSSR count). The average molecular weight is 187 g/mol. The molecule has 12 heavy (non-hydrogen) atoms. The number of alkyl halides is 1. The van der Waals surface area contributed by atoms with Crippen molar-refractivity contribution in [1.82, 2.24) is 0 Å². The first-order valence-corrected chi connectivity index (χ1v) is 3.72. The lowest BCUT2D eigenvalue weighted by Gasteiger charge is -2.06. The Bertz CT molecular complexity index is 260. The molecule has 0 aromatic heterocycles. The Balaban J connectivity index is 2.58. The summed E-state index contributed by atoms with van der Waals surface area (Å²) in [7, 11) is 0. The van der Waals surface area contributed by atoms with Gasteiger partial charge in [0.05, 0.1) is 0 Å². The third kappa shape index (κ3) is 2.43. The molecule has 0 aliphatic carbocycles. The van der Waals surface area contributed by atoms with E-state index in [0.717, 1.165) is 0 Å². The molecule has 1 atom stereocenters. The predicted molar refractivity (Wildman–Crippen MR) is 44.3 cm³/mol. The minimum Gasteiger partial charge on any atom is -0.478 e. The van der Waals surface area contributed by atoms with Gasteiger partial charge in [-0.05, 0) is 12.1 Å². The zero-order chi connectivity index (χ0) is 8.97. The summed E-state index contributed by atoms with van der Waals surface area (Å²) in [6.07, 6.45) is 0. The van der Waals surface area contributed by atoms with Crippen molar-refractivity contribution in [2.75, 3.05) is 0 Å². The van der Waals surface area contributed by atoms with Crippen molar-refractivity contribution < 1.29 is 14.6 Å². The molecule has 1 N–H and O–H groups in total. The highest BCUT2D eigenvalue weighted by molar-refractivity contribution is 6.28. The molecule has 0 radical (unpaired) electrons. The lowest BCUT2D eigenvalue weighted by Crippen LogP contribution is -2.19. The highest BCUT2D eigenvalue weighted by atomic mass is 35.5. The molecule has 1 aromatic carbocycles.